The lowest BCUT2D eigenvalue weighted by Gasteiger charge is -2.23. The van der Waals surface area contributed by atoms with E-state index in [0.29, 0.717) is 18.1 Å². The van der Waals surface area contributed by atoms with Crippen LogP contribution in [0.15, 0.2) is 36.4 Å². The summed E-state index contributed by atoms with van der Waals surface area (Å²) in [6.45, 7) is 7.95. The van der Waals surface area contributed by atoms with E-state index in [-0.39, 0.29) is 32.7 Å². The molecule has 0 saturated heterocycles. The normalized spacial score (nSPS) is 12.2. The van der Waals surface area contributed by atoms with Crippen molar-refractivity contribution in [3.05, 3.63) is 58.7 Å². The van der Waals surface area contributed by atoms with Gasteiger partial charge in [-0.15, -0.1) is 0 Å². The second kappa shape index (κ2) is 14.6. The van der Waals surface area contributed by atoms with Crippen LogP contribution < -0.4 is 9.47 Å². The number of amides is 1. The topological polar surface area (TPSA) is 94.5 Å². The van der Waals surface area contributed by atoms with Crippen molar-refractivity contribution in [2.45, 2.75) is 53.1 Å². The lowest BCUT2D eigenvalue weighted by Crippen LogP contribution is -2.39. The van der Waals surface area contributed by atoms with Gasteiger partial charge in [-0.3, -0.25) is 0 Å². The molecule has 10 heteroatoms. The van der Waals surface area contributed by atoms with E-state index in [4.69, 9.17) is 18.9 Å². The van der Waals surface area contributed by atoms with Crippen molar-refractivity contribution in [1.82, 2.24) is 4.90 Å². The summed E-state index contributed by atoms with van der Waals surface area (Å²) in [6, 6.07) is 10.6. The maximum Gasteiger partial charge on any atom is 0.415 e. The molecule has 0 radical (unpaired) electrons. The molecule has 8 nitrogen and oxygen atoms in total. The molecule has 0 saturated carbocycles. The minimum atomic E-state index is -2.97. The van der Waals surface area contributed by atoms with Crippen molar-refractivity contribution < 1.29 is 42.4 Å². The van der Waals surface area contributed by atoms with Gasteiger partial charge in [0.2, 0.25) is 0 Å². The number of benzene rings is 2. The molecule has 1 unspecified atom stereocenters. The second-order valence-corrected chi connectivity index (χ2v) is 9.16. The van der Waals surface area contributed by atoms with E-state index in [9.17, 15) is 23.5 Å². The molecule has 2 aromatic carbocycles. The highest BCUT2D eigenvalue weighted by Crippen LogP contribution is 2.23. The van der Waals surface area contributed by atoms with Gasteiger partial charge in [0.25, 0.3) is 5.92 Å². The van der Waals surface area contributed by atoms with Crippen molar-refractivity contribution in [3.63, 3.8) is 0 Å². The number of carboxylic acid groups (broad SMARTS) is 1. The highest BCUT2D eigenvalue weighted by Gasteiger charge is 2.23. The van der Waals surface area contributed by atoms with Gasteiger partial charge in [-0.25, -0.2) is 18.4 Å². The Morgan fingerprint density at radius 3 is 2.24 bits per heavy atom. The van der Waals surface area contributed by atoms with Crippen LogP contribution in [0.25, 0.3) is 0 Å². The summed E-state index contributed by atoms with van der Waals surface area (Å²) in [7, 11) is 0. The van der Waals surface area contributed by atoms with E-state index < -0.39 is 30.7 Å². The molecule has 0 spiro atoms. The Balaban J connectivity index is 1.99. The lowest BCUT2D eigenvalue weighted by atomic mass is 10.1. The first-order chi connectivity index (χ1) is 17.9. The third kappa shape index (κ3) is 10.6. The van der Waals surface area contributed by atoms with Crippen molar-refractivity contribution in [3.8, 4) is 11.5 Å². The van der Waals surface area contributed by atoms with Crippen LogP contribution in [0.2, 0.25) is 0 Å². The Labute approximate surface area is 222 Å². The average Bonchev–Trinajstić information content (AvgIpc) is 2.83. The zero-order valence-electron chi connectivity index (χ0n) is 22.6. The summed E-state index contributed by atoms with van der Waals surface area (Å²) in [4.78, 5) is 25.6. The Bertz CT molecular complexity index is 1050. The lowest BCUT2D eigenvalue weighted by molar-refractivity contribution is -0.149. The molecule has 2 aromatic rings. The van der Waals surface area contributed by atoms with E-state index in [1.165, 1.54) is 4.90 Å². The molecule has 0 bridgehead atoms. The van der Waals surface area contributed by atoms with Crippen molar-refractivity contribution in [2.24, 2.45) is 0 Å². The molecule has 0 aliphatic heterocycles. The van der Waals surface area contributed by atoms with Crippen LogP contribution in [-0.4, -0.2) is 73.6 Å². The summed E-state index contributed by atoms with van der Waals surface area (Å²) >= 11 is 0. The van der Waals surface area contributed by atoms with Crippen LogP contribution in [-0.2, 0) is 20.7 Å². The average molecular weight is 538 g/mol. The van der Waals surface area contributed by atoms with Gasteiger partial charge in [-0.2, -0.15) is 0 Å². The minimum absolute atomic E-state index is 0.0368. The first-order valence-electron chi connectivity index (χ1n) is 12.5. The minimum Gasteiger partial charge on any atom is -0.492 e. The molecule has 1 N–H and O–H groups in total. The maximum atomic E-state index is 13.1. The number of aliphatic carboxylic acids is 1. The monoisotopic (exact) mass is 537 g/mol. The molecular weight excluding hydrogens is 500 g/mol. The van der Waals surface area contributed by atoms with Gasteiger partial charge >= 0.3 is 12.1 Å². The van der Waals surface area contributed by atoms with Crippen LogP contribution in [0.4, 0.5) is 13.6 Å². The summed E-state index contributed by atoms with van der Waals surface area (Å²) < 4.78 is 47.8. The van der Waals surface area contributed by atoms with E-state index in [0.717, 1.165) is 29.2 Å². The van der Waals surface area contributed by atoms with Crippen LogP contribution >= 0.6 is 0 Å². The largest absolute Gasteiger partial charge is 0.492 e. The highest BCUT2D eigenvalue weighted by atomic mass is 19.3. The number of ether oxygens (including phenoxy) is 4. The molecular formula is C28H37F2NO7. The summed E-state index contributed by atoms with van der Waals surface area (Å²) in [5.74, 6) is -3.05. The summed E-state index contributed by atoms with van der Waals surface area (Å²) in [6.07, 6.45) is -1.35. The van der Waals surface area contributed by atoms with E-state index in [1.54, 1.807) is 37.3 Å². The van der Waals surface area contributed by atoms with Gasteiger partial charge in [0.15, 0.2) is 6.10 Å². The molecule has 38 heavy (non-hydrogen) atoms. The van der Waals surface area contributed by atoms with Crippen LogP contribution in [0.5, 0.6) is 11.5 Å². The number of aryl methyl sites for hydroxylation is 3. The van der Waals surface area contributed by atoms with Crippen LogP contribution in [0.3, 0.4) is 0 Å². The fraction of sp³-hybridized carbons (Fsp3) is 0.500. The van der Waals surface area contributed by atoms with Gasteiger partial charge in [0.05, 0.1) is 13.2 Å². The summed E-state index contributed by atoms with van der Waals surface area (Å²) in [5, 5.41) is 9.25. The number of carboxylic acids is 1. The number of rotatable bonds is 15. The molecule has 0 fully saturated rings. The van der Waals surface area contributed by atoms with Crippen molar-refractivity contribution in [1.29, 1.82) is 0 Å². The number of carbonyl (C=O) groups is 2. The first-order valence-corrected chi connectivity index (χ1v) is 12.5. The highest BCUT2D eigenvalue weighted by molar-refractivity contribution is 5.73. The summed E-state index contributed by atoms with van der Waals surface area (Å²) in [5.41, 5.74) is 3.62. The Morgan fingerprint density at radius 1 is 1.00 bits per heavy atom. The predicted molar refractivity (Wildman–Crippen MR) is 138 cm³/mol. The molecule has 0 aliphatic carbocycles. The zero-order valence-corrected chi connectivity index (χ0v) is 22.6. The number of carbonyl (C=O) groups excluding carboxylic acids is 1. The molecule has 0 aromatic heterocycles. The van der Waals surface area contributed by atoms with Crippen molar-refractivity contribution >= 4 is 12.1 Å². The fourth-order valence-corrected chi connectivity index (χ4v) is 3.55. The van der Waals surface area contributed by atoms with Gasteiger partial charge in [0.1, 0.15) is 24.7 Å². The number of alkyl halides is 2. The second-order valence-electron chi connectivity index (χ2n) is 9.16. The number of nitrogens with zero attached hydrogens (tertiary/aromatic N) is 1. The first kappa shape index (κ1) is 31.0. The maximum absolute atomic E-state index is 13.1. The van der Waals surface area contributed by atoms with Gasteiger partial charge in [-0.05, 0) is 68.1 Å². The van der Waals surface area contributed by atoms with Crippen LogP contribution in [0.1, 0.15) is 36.1 Å². The standard InChI is InChI=1S/C28H37F2NO7/c1-6-36-25(26(32)33)17-22-7-9-23(10-8-22)37-14-12-31(11-13-35-18-28(5,29)30)27(34)38-24-16-20(3)19(2)15-21(24)4/h7-10,15-16,25H,6,11-14,17-18H2,1-5H3,(H,32,33). The van der Waals surface area contributed by atoms with E-state index in [2.05, 4.69) is 0 Å². The number of hydrogen-bond acceptors (Lipinski definition) is 6. The van der Waals surface area contributed by atoms with Gasteiger partial charge in [-0.1, -0.05) is 18.2 Å². The molecule has 1 amide bonds. The van der Waals surface area contributed by atoms with Crippen LogP contribution in [0, 0.1) is 20.8 Å². The molecule has 0 aliphatic rings. The molecule has 0 heterocycles. The fourth-order valence-electron chi connectivity index (χ4n) is 3.55. The quantitative estimate of drug-likeness (QED) is 0.312. The smallest absolute Gasteiger partial charge is 0.415 e. The van der Waals surface area contributed by atoms with Crippen molar-refractivity contribution in [2.75, 3.05) is 39.5 Å². The number of hydrogen-bond donors (Lipinski definition) is 1. The van der Waals surface area contributed by atoms with Gasteiger partial charge in [0, 0.05) is 26.5 Å². The molecule has 1 atom stereocenters. The number of halogens is 2. The van der Waals surface area contributed by atoms with E-state index >= 15 is 0 Å². The van der Waals surface area contributed by atoms with Gasteiger partial charge < -0.3 is 29.0 Å². The Morgan fingerprint density at radius 2 is 1.63 bits per heavy atom. The third-order valence-electron chi connectivity index (χ3n) is 5.73. The predicted octanol–water partition coefficient (Wildman–Crippen LogP) is 5.20. The third-order valence-corrected chi connectivity index (χ3v) is 5.73. The Hall–Kier alpha value is -3.24. The Kier molecular flexibility index (Phi) is 11.9. The zero-order chi connectivity index (χ0) is 28.3. The molecule has 2 rings (SSSR count). The van der Waals surface area contributed by atoms with E-state index in [1.807, 2.05) is 26.8 Å². The SMILES string of the molecule is CCOC(Cc1ccc(OCCN(CCOCC(C)(F)F)C(=O)Oc2cc(C)c(C)cc2C)cc1)C(=O)O. The molecule has 210 valence electrons.